The van der Waals surface area contributed by atoms with Crippen LogP contribution in [-0.2, 0) is 5.41 Å². The van der Waals surface area contributed by atoms with Crippen LogP contribution >= 0.6 is 22.7 Å². The zero-order chi connectivity index (χ0) is 21.9. The van der Waals surface area contributed by atoms with Gasteiger partial charge in [-0.25, -0.2) is 4.98 Å². The first kappa shape index (κ1) is 19.6. The molecule has 0 unspecified atom stereocenters. The zero-order valence-corrected chi connectivity index (χ0v) is 19.8. The van der Waals surface area contributed by atoms with Crippen molar-refractivity contribution in [1.82, 2.24) is 9.97 Å². The number of rotatable bonds is 2. The number of pyridine rings is 2. The summed E-state index contributed by atoms with van der Waals surface area (Å²) < 4.78 is 2.44. The fourth-order valence-corrected chi connectivity index (χ4v) is 6.22. The lowest BCUT2D eigenvalue weighted by molar-refractivity contribution is 0.596. The third-order valence-corrected chi connectivity index (χ3v) is 7.99. The van der Waals surface area contributed by atoms with Gasteiger partial charge in [0.2, 0.25) is 0 Å². The minimum Gasteiger partial charge on any atom is -0.255 e. The average molecular weight is 451 g/mol. The van der Waals surface area contributed by atoms with Crippen molar-refractivity contribution in [2.45, 2.75) is 26.2 Å². The number of thiophene rings is 2. The van der Waals surface area contributed by atoms with E-state index in [0.717, 1.165) is 16.9 Å². The Bertz CT molecular complexity index is 1620. The number of hydrogen-bond donors (Lipinski definition) is 0. The third-order valence-electron chi connectivity index (χ3n) is 5.94. The van der Waals surface area contributed by atoms with E-state index in [-0.39, 0.29) is 5.41 Å². The lowest BCUT2D eigenvalue weighted by Crippen LogP contribution is -2.12. The van der Waals surface area contributed by atoms with E-state index >= 15 is 0 Å². The number of nitrogens with zero attached hydrogens (tertiary/aromatic N) is 2. The van der Waals surface area contributed by atoms with Crippen LogP contribution < -0.4 is 0 Å². The molecule has 0 bridgehead atoms. The normalized spacial score (nSPS) is 12.2. The predicted octanol–water partition coefficient (Wildman–Crippen LogP) is 8.69. The third kappa shape index (κ3) is 3.22. The van der Waals surface area contributed by atoms with Gasteiger partial charge in [-0.15, -0.1) is 22.7 Å². The molecule has 0 N–H and O–H groups in total. The Balaban J connectivity index is 1.56. The van der Waals surface area contributed by atoms with Crippen LogP contribution in [0.4, 0.5) is 0 Å². The van der Waals surface area contributed by atoms with Crippen LogP contribution in [0.3, 0.4) is 0 Å². The maximum Gasteiger partial charge on any atom is 0.0880 e. The Kier molecular flexibility index (Phi) is 4.42. The van der Waals surface area contributed by atoms with Gasteiger partial charge < -0.3 is 0 Å². The first-order valence-corrected chi connectivity index (χ1v) is 12.4. The Labute approximate surface area is 195 Å². The van der Waals surface area contributed by atoms with Gasteiger partial charge in [-0.1, -0.05) is 45.0 Å². The summed E-state index contributed by atoms with van der Waals surface area (Å²) >= 11 is 3.51. The van der Waals surface area contributed by atoms with E-state index < -0.39 is 0 Å². The number of benzene rings is 2. The molecule has 4 aromatic heterocycles. The van der Waals surface area contributed by atoms with Crippen LogP contribution in [0.25, 0.3) is 52.9 Å². The molecule has 0 aliphatic rings. The highest BCUT2D eigenvalue weighted by Gasteiger charge is 2.20. The molecule has 0 atom stereocenters. The second kappa shape index (κ2) is 7.22. The maximum absolute atomic E-state index is 4.89. The van der Waals surface area contributed by atoms with Crippen molar-refractivity contribution in [3.05, 3.63) is 83.9 Å². The van der Waals surface area contributed by atoms with E-state index in [1.807, 2.05) is 6.20 Å². The second-order valence-electron chi connectivity index (χ2n) is 9.18. The van der Waals surface area contributed by atoms with E-state index in [2.05, 4.69) is 92.9 Å². The Morgan fingerprint density at radius 2 is 1.72 bits per heavy atom. The first-order chi connectivity index (χ1) is 15.5. The van der Waals surface area contributed by atoms with Gasteiger partial charge in [0.1, 0.15) is 0 Å². The van der Waals surface area contributed by atoms with Crippen molar-refractivity contribution in [1.29, 1.82) is 0 Å². The molecule has 0 aliphatic carbocycles. The maximum atomic E-state index is 4.89. The molecule has 0 fully saturated rings. The lowest BCUT2D eigenvalue weighted by Gasteiger charge is -2.22. The summed E-state index contributed by atoms with van der Waals surface area (Å²) in [5.41, 5.74) is 5.71. The quantitative estimate of drug-likeness (QED) is 0.264. The topological polar surface area (TPSA) is 25.8 Å². The largest absolute Gasteiger partial charge is 0.255 e. The predicted molar refractivity (Wildman–Crippen MR) is 140 cm³/mol. The van der Waals surface area contributed by atoms with Crippen LogP contribution in [0.2, 0.25) is 0 Å². The van der Waals surface area contributed by atoms with Gasteiger partial charge in [-0.3, -0.25) is 4.98 Å². The summed E-state index contributed by atoms with van der Waals surface area (Å²) in [4.78, 5) is 10.9. The summed E-state index contributed by atoms with van der Waals surface area (Å²) in [6, 6.07) is 24.0. The minimum atomic E-state index is 0.0456. The number of fused-ring (bicyclic) bond motifs is 3. The Morgan fingerprint density at radius 1 is 0.844 bits per heavy atom. The molecule has 6 aromatic rings. The summed E-state index contributed by atoms with van der Waals surface area (Å²) in [5, 5.41) is 5.89. The van der Waals surface area contributed by atoms with Crippen LogP contribution in [0.5, 0.6) is 0 Å². The van der Waals surface area contributed by atoms with Crippen molar-refractivity contribution in [3.8, 4) is 21.8 Å². The van der Waals surface area contributed by atoms with Gasteiger partial charge >= 0.3 is 0 Å². The molecule has 0 radical (unpaired) electrons. The van der Waals surface area contributed by atoms with Gasteiger partial charge in [0.15, 0.2) is 0 Å². The number of hydrogen-bond acceptors (Lipinski definition) is 4. The summed E-state index contributed by atoms with van der Waals surface area (Å²) in [5.74, 6) is 0. The molecule has 0 amide bonds. The highest BCUT2D eigenvalue weighted by Crippen LogP contribution is 2.40. The van der Waals surface area contributed by atoms with Crippen molar-refractivity contribution in [3.63, 3.8) is 0 Å². The van der Waals surface area contributed by atoms with E-state index in [1.54, 1.807) is 22.7 Å². The smallest absolute Gasteiger partial charge is 0.0880 e. The Morgan fingerprint density at radius 3 is 2.59 bits per heavy atom. The molecule has 0 aliphatic heterocycles. The zero-order valence-electron chi connectivity index (χ0n) is 18.2. The molecule has 32 heavy (non-hydrogen) atoms. The van der Waals surface area contributed by atoms with Crippen LogP contribution in [0.1, 0.15) is 26.3 Å². The summed E-state index contributed by atoms with van der Waals surface area (Å²) in [7, 11) is 0. The van der Waals surface area contributed by atoms with Gasteiger partial charge in [0.05, 0.1) is 31.2 Å². The molecule has 2 nitrogen and oxygen atoms in total. The second-order valence-corrected chi connectivity index (χ2v) is 11.2. The molecule has 4 heterocycles. The first-order valence-electron chi connectivity index (χ1n) is 10.7. The standard InChI is InChI=1S/C28H22N2S2/c1-28(2,3)21-15-19(14-17-6-4-5-7-20(17)21)26-27-18(10-12-29-26)16-25(32-27)22-8-9-24-23(30-22)11-13-31-24/h4-16H,1-3H3. The van der Waals surface area contributed by atoms with Crippen molar-refractivity contribution >= 4 is 53.7 Å². The fourth-order valence-electron chi connectivity index (χ4n) is 4.35. The van der Waals surface area contributed by atoms with Crippen molar-refractivity contribution < 1.29 is 0 Å². The van der Waals surface area contributed by atoms with Gasteiger partial charge in [-0.05, 0) is 75.0 Å². The summed E-state index contributed by atoms with van der Waals surface area (Å²) in [6.45, 7) is 6.84. The van der Waals surface area contributed by atoms with Gasteiger partial charge in [0.25, 0.3) is 0 Å². The monoisotopic (exact) mass is 450 g/mol. The molecular formula is C28H22N2S2. The molecule has 0 saturated carbocycles. The van der Waals surface area contributed by atoms with E-state index in [4.69, 9.17) is 9.97 Å². The molecule has 0 spiro atoms. The molecule has 156 valence electrons. The molecular weight excluding hydrogens is 428 g/mol. The molecule has 6 rings (SSSR count). The van der Waals surface area contributed by atoms with E-state index in [1.165, 1.54) is 41.6 Å². The molecule has 4 heteroatoms. The summed E-state index contributed by atoms with van der Waals surface area (Å²) in [6.07, 6.45) is 1.93. The van der Waals surface area contributed by atoms with Crippen LogP contribution in [0.15, 0.2) is 78.3 Å². The minimum absolute atomic E-state index is 0.0456. The van der Waals surface area contributed by atoms with Gasteiger partial charge in [-0.2, -0.15) is 0 Å². The van der Waals surface area contributed by atoms with Gasteiger partial charge in [0, 0.05) is 11.8 Å². The van der Waals surface area contributed by atoms with Crippen molar-refractivity contribution in [2.75, 3.05) is 0 Å². The van der Waals surface area contributed by atoms with Crippen LogP contribution in [0, 0.1) is 0 Å². The Hall–Kier alpha value is -3.08. The van der Waals surface area contributed by atoms with Crippen LogP contribution in [-0.4, -0.2) is 9.97 Å². The van der Waals surface area contributed by atoms with E-state index in [9.17, 15) is 0 Å². The molecule has 0 saturated heterocycles. The highest BCUT2D eigenvalue weighted by molar-refractivity contribution is 7.22. The highest BCUT2D eigenvalue weighted by atomic mass is 32.1. The average Bonchev–Trinajstić information content (AvgIpc) is 3.43. The SMILES string of the molecule is CC(C)(C)c1cc(-c2nccc3cc(-c4ccc5sccc5n4)sc23)cc2ccccc12. The van der Waals surface area contributed by atoms with E-state index in [0.29, 0.717) is 0 Å². The van der Waals surface area contributed by atoms with Crippen molar-refractivity contribution in [2.24, 2.45) is 0 Å². The lowest BCUT2D eigenvalue weighted by atomic mass is 9.82. The molecule has 2 aromatic carbocycles. The number of aromatic nitrogens is 2. The fraction of sp³-hybridized carbons (Fsp3) is 0.143.